The fourth-order valence-electron chi connectivity index (χ4n) is 3.88. The van der Waals surface area contributed by atoms with Gasteiger partial charge in [0, 0.05) is 47.9 Å². The lowest BCUT2D eigenvalue weighted by molar-refractivity contribution is 0.0549. The zero-order valence-electron chi connectivity index (χ0n) is 13.7. The first-order valence-corrected chi connectivity index (χ1v) is 9.82. The molecule has 3 rings (SSSR count). The Morgan fingerprint density at radius 3 is 2.65 bits per heavy atom. The number of hydrogen-bond donors (Lipinski definition) is 2. The van der Waals surface area contributed by atoms with Gasteiger partial charge in [-0.05, 0) is 31.0 Å². The minimum Gasteiger partial charge on any atom is -0.399 e. The van der Waals surface area contributed by atoms with E-state index in [9.17, 15) is 4.79 Å². The van der Waals surface area contributed by atoms with E-state index in [2.05, 4.69) is 10.2 Å². The van der Waals surface area contributed by atoms with Crippen LogP contribution in [-0.2, 0) is 0 Å². The summed E-state index contributed by atoms with van der Waals surface area (Å²) >= 11 is 2.04. The van der Waals surface area contributed by atoms with Crippen molar-refractivity contribution in [1.82, 2.24) is 10.2 Å². The van der Waals surface area contributed by atoms with E-state index in [4.69, 9.17) is 5.73 Å². The predicted octanol–water partition coefficient (Wildman–Crippen LogP) is 2.75. The molecular formula is C18H27N3OS. The van der Waals surface area contributed by atoms with Gasteiger partial charge >= 0.3 is 0 Å². The Morgan fingerprint density at radius 1 is 1.22 bits per heavy atom. The Labute approximate surface area is 143 Å². The molecule has 0 atom stereocenters. The third kappa shape index (κ3) is 4.01. The fourth-order valence-corrected chi connectivity index (χ4v) is 4.78. The number of hydrogen-bond acceptors (Lipinski definition) is 4. The Kier molecular flexibility index (Phi) is 5.49. The van der Waals surface area contributed by atoms with Crippen LogP contribution in [0.5, 0.6) is 0 Å². The number of benzene rings is 1. The van der Waals surface area contributed by atoms with Crippen molar-refractivity contribution in [2.24, 2.45) is 0 Å². The summed E-state index contributed by atoms with van der Waals surface area (Å²) in [6.45, 7) is 3.06. The van der Waals surface area contributed by atoms with Crippen molar-refractivity contribution in [2.75, 3.05) is 36.9 Å². The maximum Gasteiger partial charge on any atom is 0.251 e. The minimum absolute atomic E-state index is 0.00590. The molecular weight excluding hydrogens is 306 g/mol. The maximum absolute atomic E-state index is 12.5. The summed E-state index contributed by atoms with van der Waals surface area (Å²) in [7, 11) is 0. The molecule has 1 aliphatic carbocycles. The van der Waals surface area contributed by atoms with Gasteiger partial charge in [-0.2, -0.15) is 11.8 Å². The van der Waals surface area contributed by atoms with Gasteiger partial charge in [-0.1, -0.05) is 25.3 Å². The highest BCUT2D eigenvalue weighted by Gasteiger charge is 2.38. The number of nitrogen functional groups attached to an aromatic ring is 1. The molecule has 1 saturated carbocycles. The van der Waals surface area contributed by atoms with E-state index in [-0.39, 0.29) is 11.4 Å². The first kappa shape index (κ1) is 16.7. The van der Waals surface area contributed by atoms with E-state index < -0.39 is 0 Å². The number of carbonyl (C=O) groups excluding carboxylic acids is 1. The third-order valence-electron chi connectivity index (χ3n) is 5.19. The topological polar surface area (TPSA) is 58.4 Å². The van der Waals surface area contributed by atoms with E-state index in [1.807, 2.05) is 30.0 Å². The standard InChI is InChI=1S/C18H27N3OS/c19-16-6-4-5-15(13-16)17(22)20-14-18(7-2-1-3-8-18)21-9-11-23-12-10-21/h4-6,13H,1-3,7-12,14,19H2,(H,20,22). The second-order valence-corrected chi connectivity index (χ2v) is 7.92. The van der Waals surface area contributed by atoms with Crippen LogP contribution in [-0.4, -0.2) is 47.5 Å². The Morgan fingerprint density at radius 2 is 1.96 bits per heavy atom. The largest absolute Gasteiger partial charge is 0.399 e. The quantitative estimate of drug-likeness (QED) is 0.832. The zero-order valence-corrected chi connectivity index (χ0v) is 14.5. The molecule has 0 bridgehead atoms. The van der Waals surface area contributed by atoms with Crippen LogP contribution in [0.1, 0.15) is 42.5 Å². The third-order valence-corrected chi connectivity index (χ3v) is 6.14. The fraction of sp³-hybridized carbons (Fsp3) is 0.611. The summed E-state index contributed by atoms with van der Waals surface area (Å²) in [5, 5.41) is 3.19. The van der Waals surface area contributed by atoms with Crippen LogP contribution < -0.4 is 11.1 Å². The molecule has 1 amide bonds. The average Bonchev–Trinajstić information content (AvgIpc) is 2.61. The van der Waals surface area contributed by atoms with Crippen molar-refractivity contribution in [2.45, 2.75) is 37.6 Å². The zero-order chi connectivity index (χ0) is 16.1. The molecule has 2 aliphatic rings. The second kappa shape index (κ2) is 7.58. The summed E-state index contributed by atoms with van der Waals surface area (Å²) in [5.74, 6) is 2.42. The van der Waals surface area contributed by atoms with Gasteiger partial charge in [-0.15, -0.1) is 0 Å². The van der Waals surface area contributed by atoms with E-state index in [0.29, 0.717) is 11.3 Å². The van der Waals surface area contributed by atoms with Crippen LogP contribution >= 0.6 is 11.8 Å². The average molecular weight is 334 g/mol. The van der Waals surface area contributed by atoms with Crippen molar-refractivity contribution in [1.29, 1.82) is 0 Å². The van der Waals surface area contributed by atoms with E-state index in [1.54, 1.807) is 6.07 Å². The van der Waals surface area contributed by atoms with E-state index in [1.165, 1.54) is 43.6 Å². The summed E-state index contributed by atoms with van der Waals surface area (Å²) in [4.78, 5) is 15.1. The van der Waals surface area contributed by atoms with Crippen molar-refractivity contribution < 1.29 is 4.79 Å². The first-order chi connectivity index (χ1) is 11.2. The van der Waals surface area contributed by atoms with Crippen LogP contribution in [0.2, 0.25) is 0 Å². The molecule has 0 spiro atoms. The number of thioether (sulfide) groups is 1. The van der Waals surface area contributed by atoms with E-state index >= 15 is 0 Å². The van der Waals surface area contributed by atoms with Crippen LogP contribution in [0.4, 0.5) is 5.69 Å². The molecule has 1 aromatic rings. The number of carbonyl (C=O) groups is 1. The number of nitrogens with zero attached hydrogens (tertiary/aromatic N) is 1. The summed E-state index contributed by atoms with van der Waals surface area (Å²) < 4.78 is 0. The Bertz CT molecular complexity index is 537. The molecule has 0 aromatic heterocycles. The molecule has 1 aromatic carbocycles. The van der Waals surface area contributed by atoms with Gasteiger partial charge in [0.15, 0.2) is 0 Å². The molecule has 0 unspecified atom stereocenters. The highest BCUT2D eigenvalue weighted by atomic mass is 32.2. The van der Waals surface area contributed by atoms with Gasteiger partial charge in [0.05, 0.1) is 0 Å². The SMILES string of the molecule is Nc1cccc(C(=O)NCC2(N3CCSCC3)CCCCC2)c1. The van der Waals surface area contributed by atoms with Crippen LogP contribution in [0.15, 0.2) is 24.3 Å². The monoisotopic (exact) mass is 333 g/mol. The smallest absolute Gasteiger partial charge is 0.251 e. The first-order valence-electron chi connectivity index (χ1n) is 8.66. The van der Waals surface area contributed by atoms with Gasteiger partial charge in [-0.25, -0.2) is 0 Å². The number of rotatable bonds is 4. The molecule has 1 aliphatic heterocycles. The molecule has 23 heavy (non-hydrogen) atoms. The molecule has 4 nitrogen and oxygen atoms in total. The highest BCUT2D eigenvalue weighted by molar-refractivity contribution is 7.99. The number of nitrogens with one attached hydrogen (secondary N) is 1. The lowest BCUT2D eigenvalue weighted by Gasteiger charge is -2.48. The molecule has 3 N–H and O–H groups in total. The molecule has 0 radical (unpaired) electrons. The number of nitrogens with two attached hydrogens (primary N) is 1. The predicted molar refractivity (Wildman–Crippen MR) is 97.9 cm³/mol. The van der Waals surface area contributed by atoms with Gasteiger partial charge in [0.1, 0.15) is 0 Å². The lowest BCUT2D eigenvalue weighted by Crippen LogP contribution is -2.58. The number of amides is 1. The van der Waals surface area contributed by atoms with Crippen LogP contribution in [0.25, 0.3) is 0 Å². The normalized spacial score (nSPS) is 21.7. The number of anilines is 1. The van der Waals surface area contributed by atoms with Crippen LogP contribution in [0.3, 0.4) is 0 Å². The highest BCUT2D eigenvalue weighted by Crippen LogP contribution is 2.34. The summed E-state index contributed by atoms with van der Waals surface area (Å²) in [5.41, 5.74) is 7.24. The van der Waals surface area contributed by atoms with Crippen molar-refractivity contribution in [3.63, 3.8) is 0 Å². The van der Waals surface area contributed by atoms with Gasteiger partial charge < -0.3 is 11.1 Å². The molecule has 2 fully saturated rings. The molecule has 126 valence electrons. The Hall–Kier alpha value is -1.20. The maximum atomic E-state index is 12.5. The molecule has 1 heterocycles. The lowest BCUT2D eigenvalue weighted by atomic mass is 9.80. The van der Waals surface area contributed by atoms with Gasteiger partial charge in [0.2, 0.25) is 0 Å². The van der Waals surface area contributed by atoms with Gasteiger partial charge in [0.25, 0.3) is 5.91 Å². The molecule has 5 heteroatoms. The molecule has 1 saturated heterocycles. The minimum atomic E-state index is -0.00590. The Balaban J connectivity index is 1.67. The van der Waals surface area contributed by atoms with Crippen molar-refractivity contribution in [3.8, 4) is 0 Å². The van der Waals surface area contributed by atoms with Crippen molar-refractivity contribution in [3.05, 3.63) is 29.8 Å². The van der Waals surface area contributed by atoms with E-state index in [0.717, 1.165) is 19.6 Å². The summed E-state index contributed by atoms with van der Waals surface area (Å²) in [6, 6.07) is 7.23. The van der Waals surface area contributed by atoms with Gasteiger partial charge in [-0.3, -0.25) is 9.69 Å². The van der Waals surface area contributed by atoms with Crippen LogP contribution in [0, 0.1) is 0 Å². The summed E-state index contributed by atoms with van der Waals surface area (Å²) in [6.07, 6.45) is 6.28. The second-order valence-electron chi connectivity index (χ2n) is 6.69. The van der Waals surface area contributed by atoms with Crippen molar-refractivity contribution >= 4 is 23.4 Å².